The summed E-state index contributed by atoms with van der Waals surface area (Å²) in [5.74, 6) is 0.0507. The Labute approximate surface area is 143 Å². The molecule has 2 aliphatic heterocycles. The highest BCUT2D eigenvalue weighted by atomic mass is 32.2. The second-order valence-corrected chi connectivity index (χ2v) is 8.73. The van der Waals surface area contributed by atoms with Gasteiger partial charge in [0.25, 0.3) is 0 Å². The third-order valence-electron chi connectivity index (χ3n) is 4.94. The zero-order valence-electron chi connectivity index (χ0n) is 14.0. The topological polar surface area (TPSA) is 66.9 Å². The summed E-state index contributed by atoms with van der Waals surface area (Å²) in [6.45, 7) is 3.65. The van der Waals surface area contributed by atoms with E-state index in [4.69, 9.17) is 4.74 Å². The first kappa shape index (κ1) is 17.4. The minimum atomic E-state index is -3.33. The zero-order valence-corrected chi connectivity index (χ0v) is 14.8. The Bertz CT molecular complexity index is 684. The predicted octanol–water partition coefficient (Wildman–Crippen LogP) is 1.23. The fourth-order valence-corrected chi connectivity index (χ4v) is 4.66. The summed E-state index contributed by atoms with van der Waals surface area (Å²) in [5.41, 5.74) is 0.481. The zero-order chi connectivity index (χ0) is 17.2. The molecule has 132 valence electrons. The third-order valence-corrected chi connectivity index (χ3v) is 6.77. The van der Waals surface area contributed by atoms with Gasteiger partial charge < -0.3 is 9.64 Å². The van der Waals surface area contributed by atoms with Crippen molar-refractivity contribution in [1.82, 2.24) is 9.21 Å². The molecule has 1 aromatic rings. The Balaban J connectivity index is 1.93. The summed E-state index contributed by atoms with van der Waals surface area (Å²) < 4.78 is 31.8. The monoisotopic (exact) mass is 352 g/mol. The van der Waals surface area contributed by atoms with Crippen LogP contribution in [0.2, 0.25) is 0 Å². The molecule has 2 heterocycles. The summed E-state index contributed by atoms with van der Waals surface area (Å²) >= 11 is 0. The maximum absolute atomic E-state index is 12.8. The summed E-state index contributed by atoms with van der Waals surface area (Å²) in [7, 11) is -3.33. The van der Waals surface area contributed by atoms with Crippen molar-refractivity contribution in [2.24, 2.45) is 0 Å². The van der Waals surface area contributed by atoms with Crippen LogP contribution in [-0.2, 0) is 26.1 Å². The molecule has 2 fully saturated rings. The van der Waals surface area contributed by atoms with Gasteiger partial charge in [-0.15, -0.1) is 0 Å². The SMILES string of the molecule is CCS(=O)(=O)N1CCC(=O)N(Cc2ccccc2)C2(CCOC2)C1. The number of rotatable bonds is 4. The van der Waals surface area contributed by atoms with Crippen LogP contribution in [0, 0.1) is 0 Å². The molecule has 0 saturated carbocycles. The highest BCUT2D eigenvalue weighted by Crippen LogP contribution is 2.33. The number of benzene rings is 1. The number of hydrogen-bond acceptors (Lipinski definition) is 4. The van der Waals surface area contributed by atoms with Crippen LogP contribution in [0.1, 0.15) is 25.3 Å². The van der Waals surface area contributed by atoms with Gasteiger partial charge in [0.05, 0.1) is 17.9 Å². The fraction of sp³-hybridized carbons (Fsp3) is 0.588. The predicted molar refractivity (Wildman–Crippen MR) is 90.8 cm³/mol. The summed E-state index contributed by atoms with van der Waals surface area (Å²) in [6.07, 6.45) is 0.884. The number of hydrogen-bond donors (Lipinski definition) is 0. The van der Waals surface area contributed by atoms with Crippen LogP contribution < -0.4 is 0 Å². The van der Waals surface area contributed by atoms with E-state index >= 15 is 0 Å². The van der Waals surface area contributed by atoms with E-state index in [1.807, 2.05) is 35.2 Å². The number of carbonyl (C=O) groups is 1. The number of nitrogens with zero attached hydrogens (tertiary/aromatic N) is 2. The van der Waals surface area contributed by atoms with E-state index in [9.17, 15) is 13.2 Å². The molecular formula is C17H24N2O4S. The van der Waals surface area contributed by atoms with Crippen LogP contribution in [0.5, 0.6) is 0 Å². The second kappa shape index (κ2) is 6.82. The van der Waals surface area contributed by atoms with E-state index in [-0.39, 0.29) is 24.6 Å². The average Bonchev–Trinajstić information content (AvgIpc) is 3.01. The van der Waals surface area contributed by atoms with Crippen molar-refractivity contribution in [3.63, 3.8) is 0 Å². The minimum Gasteiger partial charge on any atom is -0.379 e. The lowest BCUT2D eigenvalue weighted by atomic mass is 9.95. The Morgan fingerprint density at radius 2 is 2.00 bits per heavy atom. The Morgan fingerprint density at radius 1 is 1.25 bits per heavy atom. The molecule has 7 heteroatoms. The fourth-order valence-electron chi connectivity index (χ4n) is 3.49. The van der Waals surface area contributed by atoms with Gasteiger partial charge in [0, 0.05) is 32.7 Å². The lowest BCUT2D eigenvalue weighted by Gasteiger charge is -2.40. The van der Waals surface area contributed by atoms with Crippen molar-refractivity contribution >= 4 is 15.9 Å². The van der Waals surface area contributed by atoms with Crippen LogP contribution in [0.15, 0.2) is 30.3 Å². The first-order valence-corrected chi connectivity index (χ1v) is 9.98. The maximum atomic E-state index is 12.8. The smallest absolute Gasteiger partial charge is 0.224 e. The van der Waals surface area contributed by atoms with Crippen molar-refractivity contribution < 1.29 is 17.9 Å². The van der Waals surface area contributed by atoms with Gasteiger partial charge in [0.15, 0.2) is 0 Å². The lowest BCUT2D eigenvalue weighted by Crippen LogP contribution is -2.56. The molecule has 1 amide bonds. The molecule has 1 aromatic carbocycles. The van der Waals surface area contributed by atoms with Crippen LogP contribution in [0.3, 0.4) is 0 Å². The standard InChI is InChI=1S/C17H24N2O4S/c1-2-24(21,22)18-10-8-16(20)19(12-15-6-4-3-5-7-15)17(13-18)9-11-23-14-17/h3-7H,2,8-14H2,1H3. The molecule has 6 nitrogen and oxygen atoms in total. The Morgan fingerprint density at radius 3 is 2.62 bits per heavy atom. The van der Waals surface area contributed by atoms with Gasteiger partial charge in [0.1, 0.15) is 0 Å². The molecule has 3 rings (SSSR count). The van der Waals surface area contributed by atoms with Crippen LogP contribution >= 0.6 is 0 Å². The van der Waals surface area contributed by atoms with Gasteiger partial charge in [-0.2, -0.15) is 4.31 Å². The van der Waals surface area contributed by atoms with Gasteiger partial charge in [-0.25, -0.2) is 8.42 Å². The largest absolute Gasteiger partial charge is 0.379 e. The first-order chi connectivity index (χ1) is 11.5. The van der Waals surface area contributed by atoms with E-state index in [0.29, 0.717) is 32.7 Å². The van der Waals surface area contributed by atoms with Crippen molar-refractivity contribution in [2.45, 2.75) is 31.8 Å². The molecular weight excluding hydrogens is 328 g/mol. The number of sulfonamides is 1. The van der Waals surface area contributed by atoms with Crippen molar-refractivity contribution in [3.05, 3.63) is 35.9 Å². The van der Waals surface area contributed by atoms with E-state index in [0.717, 1.165) is 5.56 Å². The first-order valence-electron chi connectivity index (χ1n) is 8.37. The summed E-state index contributed by atoms with van der Waals surface area (Å²) in [6, 6.07) is 9.81. The van der Waals surface area contributed by atoms with Crippen LogP contribution in [0.4, 0.5) is 0 Å². The molecule has 0 N–H and O–H groups in total. The Kier molecular flexibility index (Phi) is 4.94. The van der Waals surface area contributed by atoms with E-state index < -0.39 is 15.6 Å². The second-order valence-electron chi connectivity index (χ2n) is 6.48. The molecule has 2 aliphatic rings. The molecule has 1 atom stereocenters. The molecule has 0 bridgehead atoms. The maximum Gasteiger partial charge on any atom is 0.224 e. The third kappa shape index (κ3) is 3.34. The van der Waals surface area contributed by atoms with Crippen molar-refractivity contribution in [3.8, 4) is 0 Å². The molecule has 2 saturated heterocycles. The minimum absolute atomic E-state index is 0.00171. The van der Waals surface area contributed by atoms with Gasteiger partial charge in [-0.3, -0.25) is 4.79 Å². The number of ether oxygens (including phenoxy) is 1. The van der Waals surface area contributed by atoms with Gasteiger partial charge in [0.2, 0.25) is 15.9 Å². The number of amides is 1. The number of carbonyl (C=O) groups excluding carboxylic acids is 1. The molecule has 0 aromatic heterocycles. The highest BCUT2D eigenvalue weighted by molar-refractivity contribution is 7.89. The van der Waals surface area contributed by atoms with E-state index in [1.165, 1.54) is 4.31 Å². The molecule has 1 unspecified atom stereocenters. The summed E-state index contributed by atoms with van der Waals surface area (Å²) in [5, 5.41) is 0. The lowest BCUT2D eigenvalue weighted by molar-refractivity contribution is -0.137. The van der Waals surface area contributed by atoms with Crippen LogP contribution in [0.25, 0.3) is 0 Å². The van der Waals surface area contributed by atoms with Crippen LogP contribution in [-0.4, -0.2) is 61.1 Å². The molecule has 0 aliphatic carbocycles. The van der Waals surface area contributed by atoms with Crippen molar-refractivity contribution in [2.75, 3.05) is 32.1 Å². The van der Waals surface area contributed by atoms with E-state index in [2.05, 4.69) is 0 Å². The molecule has 0 radical (unpaired) electrons. The highest BCUT2D eigenvalue weighted by Gasteiger charge is 2.47. The summed E-state index contributed by atoms with van der Waals surface area (Å²) in [4.78, 5) is 14.6. The van der Waals surface area contributed by atoms with Crippen molar-refractivity contribution in [1.29, 1.82) is 0 Å². The normalized spacial score (nSPS) is 26.0. The van der Waals surface area contributed by atoms with Gasteiger partial charge in [-0.05, 0) is 18.9 Å². The van der Waals surface area contributed by atoms with Gasteiger partial charge in [-0.1, -0.05) is 30.3 Å². The molecule has 1 spiro atoms. The Hall–Kier alpha value is -1.44. The average molecular weight is 352 g/mol. The van der Waals surface area contributed by atoms with Gasteiger partial charge >= 0.3 is 0 Å². The molecule has 24 heavy (non-hydrogen) atoms. The van der Waals surface area contributed by atoms with E-state index in [1.54, 1.807) is 6.92 Å². The quantitative estimate of drug-likeness (QED) is 0.817.